The van der Waals surface area contributed by atoms with E-state index in [-0.39, 0.29) is 27.2 Å². The van der Waals surface area contributed by atoms with E-state index in [9.17, 15) is 13.2 Å². The van der Waals surface area contributed by atoms with Gasteiger partial charge >= 0.3 is 6.18 Å². The first-order chi connectivity index (χ1) is 14.2. The Labute approximate surface area is 177 Å². The zero-order valence-corrected chi connectivity index (χ0v) is 17.5. The summed E-state index contributed by atoms with van der Waals surface area (Å²) in [5.41, 5.74) is 11.7. The Morgan fingerprint density at radius 1 is 1.23 bits per heavy atom. The third kappa shape index (κ3) is 4.07. The topological polar surface area (TPSA) is 94.0 Å². The van der Waals surface area contributed by atoms with Crippen molar-refractivity contribution >= 4 is 23.4 Å². The highest BCUT2D eigenvalue weighted by atomic mass is 32.2. The zero-order valence-electron chi connectivity index (χ0n) is 16.7. The SMILES string of the molecule is CC1C[C@@H](N)C2(CCN(c3cnc(Sc4cccnc4C(F)(F)F)c(N)n3)CC2)C1. The van der Waals surface area contributed by atoms with Crippen LogP contribution in [0.15, 0.2) is 34.4 Å². The van der Waals surface area contributed by atoms with Crippen LogP contribution in [0.3, 0.4) is 0 Å². The van der Waals surface area contributed by atoms with Gasteiger partial charge < -0.3 is 16.4 Å². The number of anilines is 2. The molecule has 2 aromatic heterocycles. The monoisotopic (exact) mass is 438 g/mol. The third-order valence-corrected chi connectivity index (χ3v) is 7.34. The fourth-order valence-corrected chi connectivity index (χ4v) is 5.65. The van der Waals surface area contributed by atoms with E-state index in [0.29, 0.717) is 11.7 Å². The molecule has 10 heteroatoms. The van der Waals surface area contributed by atoms with Crippen LogP contribution in [-0.4, -0.2) is 34.1 Å². The van der Waals surface area contributed by atoms with Crippen LogP contribution in [0.5, 0.6) is 0 Å². The van der Waals surface area contributed by atoms with Gasteiger partial charge in [0.25, 0.3) is 0 Å². The Morgan fingerprint density at radius 2 is 1.97 bits per heavy atom. The molecule has 0 radical (unpaired) electrons. The highest BCUT2D eigenvalue weighted by molar-refractivity contribution is 7.99. The van der Waals surface area contributed by atoms with E-state index >= 15 is 0 Å². The Bertz CT molecular complexity index is 914. The second-order valence-electron chi connectivity index (χ2n) is 8.37. The lowest BCUT2D eigenvalue weighted by Crippen LogP contribution is -2.47. The Balaban J connectivity index is 1.48. The van der Waals surface area contributed by atoms with Gasteiger partial charge in [0.15, 0.2) is 11.5 Å². The minimum absolute atomic E-state index is 0.0528. The van der Waals surface area contributed by atoms with E-state index in [2.05, 4.69) is 26.8 Å². The molecule has 2 aliphatic rings. The van der Waals surface area contributed by atoms with Crippen LogP contribution in [0.1, 0.15) is 38.3 Å². The van der Waals surface area contributed by atoms with Gasteiger partial charge in [0.2, 0.25) is 0 Å². The first-order valence-electron chi connectivity index (χ1n) is 10.0. The molecule has 1 aliphatic heterocycles. The number of halogens is 3. The predicted molar refractivity (Wildman–Crippen MR) is 110 cm³/mol. The van der Waals surface area contributed by atoms with Crippen molar-refractivity contribution in [2.75, 3.05) is 23.7 Å². The number of nitrogens with two attached hydrogens (primary N) is 2. The highest BCUT2D eigenvalue weighted by Gasteiger charge is 2.45. The molecule has 2 atom stereocenters. The molecule has 4 N–H and O–H groups in total. The molecule has 1 unspecified atom stereocenters. The minimum atomic E-state index is -4.55. The number of piperidine rings is 1. The Kier molecular flexibility index (Phi) is 5.56. The maximum atomic E-state index is 13.2. The molecule has 1 saturated carbocycles. The van der Waals surface area contributed by atoms with Gasteiger partial charge in [-0.05, 0) is 49.1 Å². The van der Waals surface area contributed by atoms with Crippen LogP contribution in [0, 0.1) is 11.3 Å². The van der Waals surface area contributed by atoms with Crippen molar-refractivity contribution in [2.24, 2.45) is 17.1 Å². The van der Waals surface area contributed by atoms with Gasteiger partial charge in [-0.15, -0.1) is 0 Å². The van der Waals surface area contributed by atoms with Crippen LogP contribution in [-0.2, 0) is 6.18 Å². The van der Waals surface area contributed by atoms with E-state index in [4.69, 9.17) is 11.5 Å². The molecular formula is C20H25F3N6S. The van der Waals surface area contributed by atoms with E-state index in [1.165, 1.54) is 12.1 Å². The average Bonchev–Trinajstić information content (AvgIpc) is 2.96. The lowest BCUT2D eigenvalue weighted by atomic mass is 9.74. The summed E-state index contributed by atoms with van der Waals surface area (Å²) in [6.45, 7) is 3.90. The molecule has 2 aromatic rings. The molecule has 0 amide bonds. The van der Waals surface area contributed by atoms with E-state index < -0.39 is 11.9 Å². The molecule has 1 saturated heterocycles. The molecule has 3 heterocycles. The van der Waals surface area contributed by atoms with Crippen molar-refractivity contribution in [3.63, 3.8) is 0 Å². The molecule has 1 aliphatic carbocycles. The number of hydrogen-bond acceptors (Lipinski definition) is 7. The number of hydrogen-bond donors (Lipinski definition) is 2. The molecule has 30 heavy (non-hydrogen) atoms. The largest absolute Gasteiger partial charge is 0.434 e. The third-order valence-electron chi connectivity index (χ3n) is 6.28. The summed E-state index contributed by atoms with van der Waals surface area (Å²) in [5, 5.41) is 0.234. The second kappa shape index (κ2) is 7.88. The smallest absolute Gasteiger partial charge is 0.381 e. The summed E-state index contributed by atoms with van der Waals surface area (Å²) in [4.78, 5) is 14.3. The first kappa shape index (κ1) is 21.2. The summed E-state index contributed by atoms with van der Waals surface area (Å²) in [6, 6.07) is 3.05. The van der Waals surface area contributed by atoms with E-state index in [1.54, 1.807) is 6.20 Å². The van der Waals surface area contributed by atoms with Crippen molar-refractivity contribution in [3.05, 3.63) is 30.2 Å². The lowest BCUT2D eigenvalue weighted by Gasteiger charge is -2.42. The zero-order chi connectivity index (χ0) is 21.5. The number of pyridine rings is 1. The lowest BCUT2D eigenvalue weighted by molar-refractivity contribution is -0.143. The number of nitrogen functional groups attached to an aromatic ring is 1. The molecule has 162 valence electrons. The summed E-state index contributed by atoms with van der Waals surface area (Å²) < 4.78 is 39.5. The normalized spacial score (nSPS) is 23.8. The number of aromatic nitrogens is 3. The molecular weight excluding hydrogens is 413 g/mol. The fraction of sp³-hybridized carbons (Fsp3) is 0.550. The van der Waals surface area contributed by atoms with Gasteiger partial charge in [0.1, 0.15) is 10.8 Å². The van der Waals surface area contributed by atoms with Gasteiger partial charge in [-0.25, -0.2) is 9.97 Å². The second-order valence-corrected chi connectivity index (χ2v) is 9.40. The van der Waals surface area contributed by atoms with Crippen LogP contribution < -0.4 is 16.4 Å². The number of nitrogens with zero attached hydrogens (tertiary/aromatic N) is 4. The van der Waals surface area contributed by atoms with Gasteiger partial charge in [-0.3, -0.25) is 4.98 Å². The summed E-state index contributed by atoms with van der Waals surface area (Å²) in [7, 11) is 0. The minimum Gasteiger partial charge on any atom is -0.381 e. The van der Waals surface area contributed by atoms with E-state index in [0.717, 1.165) is 56.7 Å². The van der Waals surface area contributed by atoms with Crippen LogP contribution >= 0.6 is 11.8 Å². The van der Waals surface area contributed by atoms with Crippen molar-refractivity contribution in [3.8, 4) is 0 Å². The number of alkyl halides is 3. The number of rotatable bonds is 3. The molecule has 4 rings (SSSR count). The van der Waals surface area contributed by atoms with Crippen LogP contribution in [0.2, 0.25) is 0 Å². The molecule has 0 bridgehead atoms. The Morgan fingerprint density at radius 3 is 2.57 bits per heavy atom. The standard InChI is InChI=1S/C20H25F3N6S/c1-12-9-14(24)19(10-12)4-7-29(8-5-19)15-11-27-18(17(25)28-15)30-13-3-2-6-26-16(13)20(21,22)23/h2-3,6,11-12,14H,4-5,7-10,24H2,1H3,(H2,25,28)/t12?,14-/m1/s1. The summed E-state index contributed by atoms with van der Waals surface area (Å²) in [6.07, 6.45) is 2.39. The van der Waals surface area contributed by atoms with Crippen molar-refractivity contribution < 1.29 is 13.2 Å². The molecule has 1 spiro atoms. The van der Waals surface area contributed by atoms with Gasteiger partial charge in [0.05, 0.1) is 6.20 Å². The summed E-state index contributed by atoms with van der Waals surface area (Å²) >= 11 is 0.823. The van der Waals surface area contributed by atoms with Crippen LogP contribution in [0.4, 0.5) is 24.8 Å². The van der Waals surface area contributed by atoms with Gasteiger partial charge in [-0.2, -0.15) is 13.2 Å². The maximum absolute atomic E-state index is 13.2. The molecule has 6 nitrogen and oxygen atoms in total. The van der Waals surface area contributed by atoms with Crippen LogP contribution in [0.25, 0.3) is 0 Å². The predicted octanol–water partition coefficient (Wildman–Crippen LogP) is 3.97. The molecule has 2 fully saturated rings. The van der Waals surface area contributed by atoms with Crippen molar-refractivity contribution in [1.82, 2.24) is 15.0 Å². The average molecular weight is 439 g/mol. The molecule has 0 aromatic carbocycles. The van der Waals surface area contributed by atoms with Gasteiger partial charge in [-0.1, -0.05) is 18.7 Å². The van der Waals surface area contributed by atoms with Gasteiger partial charge in [0, 0.05) is 30.2 Å². The van der Waals surface area contributed by atoms with E-state index in [1.807, 2.05) is 0 Å². The highest BCUT2D eigenvalue weighted by Crippen LogP contribution is 2.48. The quantitative estimate of drug-likeness (QED) is 0.749. The van der Waals surface area contributed by atoms with Crippen molar-refractivity contribution in [2.45, 2.75) is 54.7 Å². The summed E-state index contributed by atoms with van der Waals surface area (Å²) in [5.74, 6) is 1.42. The maximum Gasteiger partial charge on any atom is 0.434 e. The Hall–Kier alpha value is -2.07. The fourth-order valence-electron chi connectivity index (χ4n) is 4.77. The van der Waals surface area contributed by atoms with Crippen molar-refractivity contribution in [1.29, 1.82) is 0 Å². The first-order valence-corrected chi connectivity index (χ1v) is 10.8.